The minimum atomic E-state index is -4.24. The van der Waals surface area contributed by atoms with Crippen molar-refractivity contribution in [2.24, 2.45) is 11.0 Å². The Morgan fingerprint density at radius 2 is 2.13 bits per heavy atom. The number of benzene rings is 1. The molecule has 16 heteroatoms. The smallest absolute Gasteiger partial charge is 0.406 e. The zero-order valence-corrected chi connectivity index (χ0v) is 22.4. The maximum Gasteiger partial charge on any atom is 0.406 e. The van der Waals surface area contributed by atoms with Gasteiger partial charge in [-0.3, -0.25) is 28.9 Å². The molecule has 2 aliphatic rings. The summed E-state index contributed by atoms with van der Waals surface area (Å²) in [6.45, 7) is 1.10. The summed E-state index contributed by atoms with van der Waals surface area (Å²) in [5, 5.41) is 17.5. The van der Waals surface area contributed by atoms with Crippen LogP contribution in [0.2, 0.25) is 0 Å². The molecule has 6 atom stereocenters. The van der Waals surface area contributed by atoms with Crippen molar-refractivity contribution in [1.29, 1.82) is 5.26 Å². The second kappa shape index (κ2) is 14.0. The van der Waals surface area contributed by atoms with E-state index in [1.165, 1.54) is 12.0 Å². The van der Waals surface area contributed by atoms with Crippen molar-refractivity contribution >= 4 is 25.7 Å². The number of amides is 3. The summed E-state index contributed by atoms with van der Waals surface area (Å²) in [5.41, 5.74) is 9.79. The van der Waals surface area contributed by atoms with Gasteiger partial charge in [-0.15, -0.1) is 0 Å². The maximum atomic E-state index is 13.7. The van der Waals surface area contributed by atoms with Gasteiger partial charge in [0.2, 0.25) is 5.91 Å². The molecule has 2 unspecified atom stereocenters. The molecule has 2 aliphatic heterocycles. The molecule has 0 bridgehead atoms. The molecule has 2 saturated heterocycles. The van der Waals surface area contributed by atoms with Gasteiger partial charge in [0.15, 0.2) is 0 Å². The Morgan fingerprint density at radius 3 is 2.79 bits per heavy atom. The van der Waals surface area contributed by atoms with Gasteiger partial charge in [0, 0.05) is 17.9 Å². The molecule has 0 saturated carbocycles. The van der Waals surface area contributed by atoms with E-state index in [0.29, 0.717) is 0 Å². The van der Waals surface area contributed by atoms with Crippen LogP contribution in [-0.2, 0) is 39.1 Å². The Labute approximate surface area is 224 Å². The highest BCUT2D eigenvalue weighted by Gasteiger charge is 2.44. The summed E-state index contributed by atoms with van der Waals surface area (Å²) in [5.74, 6) is -1.59. The number of nitrogens with zero attached hydrogens (tertiary/aromatic N) is 5. The topological polar surface area (TPSA) is 205 Å². The summed E-state index contributed by atoms with van der Waals surface area (Å²) in [6, 6.07) is 8.25. The van der Waals surface area contributed by atoms with Crippen molar-refractivity contribution < 1.29 is 37.5 Å². The average Bonchev–Trinajstić information content (AvgIpc) is 3.32. The van der Waals surface area contributed by atoms with Crippen LogP contribution in [-0.4, -0.2) is 74.1 Å². The Bertz CT molecular complexity index is 1170. The number of carbonyl (C=O) groups excluding carboxylic acids is 3. The third kappa shape index (κ3) is 8.24. The highest BCUT2D eigenvalue weighted by molar-refractivity contribution is 7.51. The van der Waals surface area contributed by atoms with Crippen molar-refractivity contribution in [2.75, 3.05) is 26.9 Å². The molecular weight excluding hydrogens is 533 g/mol. The van der Waals surface area contributed by atoms with Crippen molar-refractivity contribution in [1.82, 2.24) is 15.3 Å². The van der Waals surface area contributed by atoms with Gasteiger partial charge in [-0.2, -0.15) is 5.26 Å². The van der Waals surface area contributed by atoms with E-state index in [1.54, 1.807) is 31.2 Å². The summed E-state index contributed by atoms with van der Waals surface area (Å²) in [7, 11) is -3.06. The Morgan fingerprint density at radius 1 is 1.38 bits per heavy atom. The van der Waals surface area contributed by atoms with Gasteiger partial charge in [0.1, 0.15) is 12.3 Å². The van der Waals surface area contributed by atoms with Crippen LogP contribution in [0.15, 0.2) is 35.4 Å². The van der Waals surface area contributed by atoms with Crippen LogP contribution in [0.1, 0.15) is 25.3 Å². The minimum absolute atomic E-state index is 0.0963. The molecule has 0 radical (unpaired) electrons. The fourth-order valence-electron chi connectivity index (χ4n) is 4.11. The number of ether oxygens (including phenoxy) is 2. The number of hydrogen-bond donors (Lipinski definition) is 2. The zero-order valence-electron chi connectivity index (χ0n) is 21.5. The van der Waals surface area contributed by atoms with Crippen molar-refractivity contribution in [2.45, 2.75) is 50.6 Å². The van der Waals surface area contributed by atoms with E-state index in [0.717, 1.165) is 5.56 Å². The molecule has 2 N–H and O–H groups in total. The SMILES string of the molecule is COC(=O)[C@H](Cc1ccccc1)NP(=O)(OCCC#N)OC[C@H]1O[C@@H](N2CC(C)C(=O)NC2=O)C[C@@H]1N=[N+]=[N-]. The van der Waals surface area contributed by atoms with E-state index in [4.69, 9.17) is 29.3 Å². The van der Waals surface area contributed by atoms with Gasteiger partial charge in [-0.25, -0.2) is 14.4 Å². The van der Waals surface area contributed by atoms with Crippen molar-refractivity contribution in [3.8, 4) is 6.07 Å². The van der Waals surface area contributed by atoms with Gasteiger partial charge in [0.25, 0.3) is 0 Å². The van der Waals surface area contributed by atoms with E-state index >= 15 is 0 Å². The van der Waals surface area contributed by atoms with E-state index in [1.807, 2.05) is 12.1 Å². The Hall–Kier alpha value is -3.50. The lowest BCUT2D eigenvalue weighted by atomic mass is 10.1. The highest BCUT2D eigenvalue weighted by Crippen LogP contribution is 2.46. The van der Waals surface area contributed by atoms with Gasteiger partial charge < -0.3 is 9.47 Å². The van der Waals surface area contributed by atoms with Gasteiger partial charge in [-0.05, 0) is 17.5 Å². The van der Waals surface area contributed by atoms with Crippen LogP contribution >= 0.6 is 7.75 Å². The van der Waals surface area contributed by atoms with Gasteiger partial charge in [0.05, 0.1) is 50.9 Å². The van der Waals surface area contributed by atoms with E-state index in [9.17, 15) is 18.9 Å². The largest absolute Gasteiger partial charge is 0.468 e. The van der Waals surface area contributed by atoms with Crippen molar-refractivity contribution in [3.05, 3.63) is 46.3 Å². The number of methoxy groups -OCH3 is 1. The fraction of sp³-hybridized carbons (Fsp3) is 0.565. The first kappa shape index (κ1) is 30.0. The number of carbonyl (C=O) groups is 3. The molecular formula is C23H30N7O8P. The van der Waals surface area contributed by atoms with Crippen LogP contribution in [0, 0.1) is 17.2 Å². The van der Waals surface area contributed by atoms with Crippen LogP contribution in [0.4, 0.5) is 4.79 Å². The summed E-state index contributed by atoms with van der Waals surface area (Å²) < 4.78 is 35.5. The molecule has 2 heterocycles. The number of rotatable bonds is 13. The Balaban J connectivity index is 1.75. The third-order valence-corrected chi connectivity index (χ3v) is 7.77. The highest BCUT2D eigenvalue weighted by atomic mass is 31.2. The standard InChI is InChI=1S/C23H30N7O8P/c1-15-13-30(23(33)26-21(15)31)20-12-17(27-29-25)19(38-20)14-37-39(34,36-10-6-9-24)28-18(22(32)35-2)11-16-7-4-3-5-8-16/h3-5,7-8,15,17-20H,6,10-14H2,1-2H3,(H,28,34)(H,26,31,33)/t15?,17-,18-,19+,20+,39?/m0/s1. The van der Waals surface area contributed by atoms with E-state index in [2.05, 4.69) is 20.4 Å². The number of imide groups is 1. The monoisotopic (exact) mass is 563 g/mol. The molecule has 0 aromatic heterocycles. The van der Waals surface area contributed by atoms with E-state index < -0.39 is 62.6 Å². The number of esters is 1. The predicted octanol–water partition coefficient (Wildman–Crippen LogP) is 2.40. The fourth-order valence-corrected chi connectivity index (χ4v) is 5.59. The van der Waals surface area contributed by atoms with Crippen LogP contribution in [0.3, 0.4) is 0 Å². The second-order valence-corrected chi connectivity index (χ2v) is 10.7. The summed E-state index contributed by atoms with van der Waals surface area (Å²) in [4.78, 5) is 40.8. The first-order chi connectivity index (χ1) is 18.7. The molecule has 1 aromatic rings. The molecule has 1 aromatic carbocycles. The normalized spacial score (nSPS) is 25.1. The predicted molar refractivity (Wildman–Crippen MR) is 134 cm³/mol. The number of nitriles is 1. The lowest BCUT2D eigenvalue weighted by molar-refractivity contribution is -0.142. The second-order valence-electron chi connectivity index (χ2n) is 8.91. The molecule has 3 amide bonds. The molecule has 39 heavy (non-hydrogen) atoms. The minimum Gasteiger partial charge on any atom is -0.468 e. The van der Waals surface area contributed by atoms with Crippen LogP contribution in [0.5, 0.6) is 0 Å². The number of azide groups is 1. The lowest BCUT2D eigenvalue weighted by Gasteiger charge is -2.34. The number of hydrogen-bond acceptors (Lipinski definition) is 10. The number of nitrogens with one attached hydrogen (secondary N) is 2. The summed E-state index contributed by atoms with van der Waals surface area (Å²) in [6.07, 6.45) is -1.66. The molecule has 3 rings (SSSR count). The van der Waals surface area contributed by atoms with Crippen LogP contribution in [0.25, 0.3) is 10.4 Å². The summed E-state index contributed by atoms with van der Waals surface area (Å²) >= 11 is 0. The average molecular weight is 564 g/mol. The number of urea groups is 1. The quantitative estimate of drug-likeness (QED) is 0.0895. The van der Waals surface area contributed by atoms with Gasteiger partial charge >= 0.3 is 19.7 Å². The maximum absolute atomic E-state index is 13.7. The Kier molecular flexibility index (Phi) is 10.8. The molecule has 0 spiro atoms. The van der Waals surface area contributed by atoms with E-state index in [-0.39, 0.29) is 32.4 Å². The molecule has 2 fully saturated rings. The molecule has 210 valence electrons. The molecule has 15 nitrogen and oxygen atoms in total. The molecule has 0 aliphatic carbocycles. The first-order valence-corrected chi connectivity index (χ1v) is 13.7. The third-order valence-electron chi connectivity index (χ3n) is 6.13. The van der Waals surface area contributed by atoms with Crippen LogP contribution < -0.4 is 10.4 Å². The van der Waals surface area contributed by atoms with Crippen molar-refractivity contribution in [3.63, 3.8) is 0 Å². The van der Waals surface area contributed by atoms with Gasteiger partial charge in [-0.1, -0.05) is 42.4 Å². The zero-order chi connectivity index (χ0) is 28.4. The first-order valence-electron chi connectivity index (χ1n) is 12.2. The lowest BCUT2D eigenvalue weighted by Crippen LogP contribution is -2.57.